The predicted molar refractivity (Wildman–Crippen MR) is 138 cm³/mol. The summed E-state index contributed by atoms with van der Waals surface area (Å²) >= 11 is 17.7. The molecule has 1 saturated heterocycles. The maximum Gasteiger partial charge on any atom is 0.281 e. The van der Waals surface area contributed by atoms with Crippen LogP contribution in [-0.4, -0.2) is 25.2 Å². The molecular weight excluding hydrogens is 495 g/mol. The molecule has 1 heterocycles. The summed E-state index contributed by atoms with van der Waals surface area (Å²) in [7, 11) is 3.09. The van der Waals surface area contributed by atoms with Gasteiger partial charge in [-0.15, -0.1) is 0 Å². The number of halogens is 2. The Balaban J connectivity index is 1.66. The largest absolute Gasteiger partial charge is 0.495 e. The van der Waals surface area contributed by atoms with Gasteiger partial charge in [-0.3, -0.25) is 4.79 Å². The number of ether oxygens (including phenoxy) is 3. The van der Waals surface area contributed by atoms with Crippen molar-refractivity contribution in [2.75, 3.05) is 19.1 Å². The number of hydrogen-bond acceptors (Lipinski definition) is 5. The summed E-state index contributed by atoms with van der Waals surface area (Å²) in [5.74, 6) is 1.18. The van der Waals surface area contributed by atoms with Crippen molar-refractivity contribution < 1.29 is 19.0 Å². The normalized spacial score (nSPS) is 14.4. The van der Waals surface area contributed by atoms with Gasteiger partial charge in [-0.25, -0.2) is 4.90 Å². The molecule has 0 unspecified atom stereocenters. The third kappa shape index (κ3) is 4.82. The van der Waals surface area contributed by atoms with Crippen LogP contribution < -0.4 is 24.4 Å². The Labute approximate surface area is 212 Å². The van der Waals surface area contributed by atoms with Crippen LogP contribution >= 0.6 is 35.4 Å². The van der Waals surface area contributed by atoms with E-state index in [1.807, 2.05) is 24.3 Å². The summed E-state index contributed by atoms with van der Waals surface area (Å²) in [5.41, 5.74) is 2.23. The zero-order chi connectivity index (χ0) is 24.2. The molecule has 0 saturated carbocycles. The second-order valence-corrected chi connectivity index (χ2v) is 8.43. The molecule has 0 atom stereocenters. The van der Waals surface area contributed by atoms with Gasteiger partial charge in [0.1, 0.15) is 18.1 Å². The van der Waals surface area contributed by atoms with Crippen molar-refractivity contribution in [3.05, 3.63) is 87.5 Å². The van der Waals surface area contributed by atoms with Gasteiger partial charge < -0.3 is 19.5 Å². The van der Waals surface area contributed by atoms with Crippen molar-refractivity contribution in [1.82, 2.24) is 5.32 Å². The number of thiocarbonyl (C=S) groups is 1. The van der Waals surface area contributed by atoms with Crippen LogP contribution in [0.5, 0.6) is 17.2 Å². The van der Waals surface area contributed by atoms with E-state index in [9.17, 15) is 4.79 Å². The Bertz CT molecular complexity index is 1300. The smallest absolute Gasteiger partial charge is 0.281 e. The first kappa shape index (κ1) is 23.9. The van der Waals surface area contributed by atoms with Crippen molar-refractivity contribution in [1.29, 1.82) is 0 Å². The fourth-order valence-electron chi connectivity index (χ4n) is 3.47. The first-order chi connectivity index (χ1) is 16.4. The maximum absolute atomic E-state index is 13.3. The van der Waals surface area contributed by atoms with Gasteiger partial charge in [0.2, 0.25) is 0 Å². The first-order valence-corrected chi connectivity index (χ1v) is 11.3. The minimum atomic E-state index is -0.316. The molecule has 1 N–H and O–H groups in total. The van der Waals surface area contributed by atoms with Crippen LogP contribution in [0, 0.1) is 0 Å². The molecule has 3 aromatic carbocycles. The lowest BCUT2D eigenvalue weighted by Crippen LogP contribution is -2.30. The topological polar surface area (TPSA) is 60.0 Å². The van der Waals surface area contributed by atoms with Gasteiger partial charge in [-0.2, -0.15) is 0 Å². The molecule has 1 amide bonds. The average molecular weight is 515 g/mol. The quantitative estimate of drug-likeness (QED) is 0.315. The first-order valence-electron chi connectivity index (χ1n) is 10.2. The van der Waals surface area contributed by atoms with E-state index in [0.29, 0.717) is 44.2 Å². The monoisotopic (exact) mass is 514 g/mol. The summed E-state index contributed by atoms with van der Waals surface area (Å²) in [6.45, 7) is 0.180. The zero-order valence-electron chi connectivity index (χ0n) is 18.3. The number of hydrogen-bond donors (Lipinski definition) is 1. The summed E-state index contributed by atoms with van der Waals surface area (Å²) < 4.78 is 17.0. The molecule has 9 heteroatoms. The number of para-hydroxylation sites is 3. The minimum Gasteiger partial charge on any atom is -0.495 e. The van der Waals surface area contributed by atoms with Crippen molar-refractivity contribution >= 4 is 58.2 Å². The molecule has 0 spiro atoms. The lowest BCUT2D eigenvalue weighted by atomic mass is 10.1. The number of carbonyl (C=O) groups excluding carboxylic acids is 1. The minimum absolute atomic E-state index is 0.180. The summed E-state index contributed by atoms with van der Waals surface area (Å²) in [5, 5.41) is 4.27. The van der Waals surface area contributed by atoms with E-state index in [-0.39, 0.29) is 17.6 Å². The molecule has 6 nitrogen and oxygen atoms in total. The standard InChI is InChI=1S/C25H20Cl2N2O4S/c1-31-21-8-4-3-7-20(21)29-24(30)19(28-25(29)34)12-15-6-5-9-22(32-2)23(15)33-14-16-10-11-17(26)13-18(16)27/h3-13H,14H2,1-2H3,(H,28,34). The average Bonchev–Trinajstić information content (AvgIpc) is 3.11. The van der Waals surface area contributed by atoms with Crippen LogP contribution in [0.25, 0.3) is 6.08 Å². The highest BCUT2D eigenvalue weighted by molar-refractivity contribution is 7.80. The van der Waals surface area contributed by atoms with Gasteiger partial charge in [-0.05, 0) is 48.6 Å². The maximum atomic E-state index is 13.3. The van der Waals surface area contributed by atoms with Crippen molar-refractivity contribution in [2.24, 2.45) is 0 Å². The van der Waals surface area contributed by atoms with E-state index in [1.54, 1.807) is 56.7 Å². The number of amides is 1. The van der Waals surface area contributed by atoms with Crippen LogP contribution in [0.3, 0.4) is 0 Å². The van der Waals surface area contributed by atoms with E-state index in [2.05, 4.69) is 5.32 Å². The number of nitrogens with zero attached hydrogens (tertiary/aromatic N) is 1. The summed E-state index contributed by atoms with van der Waals surface area (Å²) in [4.78, 5) is 14.7. The molecule has 4 rings (SSSR count). The Hall–Kier alpha value is -3.26. The van der Waals surface area contributed by atoms with E-state index in [1.165, 1.54) is 4.90 Å². The Morgan fingerprint density at radius 2 is 1.74 bits per heavy atom. The summed E-state index contributed by atoms with van der Waals surface area (Å²) in [6, 6.07) is 17.8. The molecule has 174 valence electrons. The third-order valence-electron chi connectivity index (χ3n) is 5.12. The van der Waals surface area contributed by atoms with E-state index in [4.69, 9.17) is 49.6 Å². The number of nitrogens with one attached hydrogen (secondary N) is 1. The van der Waals surface area contributed by atoms with E-state index >= 15 is 0 Å². The second kappa shape index (κ2) is 10.3. The van der Waals surface area contributed by atoms with Gasteiger partial charge in [0.15, 0.2) is 16.6 Å². The highest BCUT2D eigenvalue weighted by atomic mass is 35.5. The molecule has 0 radical (unpaired) electrons. The number of methoxy groups -OCH3 is 2. The Morgan fingerprint density at radius 1 is 1.00 bits per heavy atom. The molecule has 0 bridgehead atoms. The van der Waals surface area contributed by atoms with Crippen LogP contribution in [0.2, 0.25) is 10.0 Å². The molecule has 0 aromatic heterocycles. The number of anilines is 1. The van der Waals surface area contributed by atoms with Crippen molar-refractivity contribution in [2.45, 2.75) is 6.61 Å². The van der Waals surface area contributed by atoms with Gasteiger partial charge in [-0.1, -0.05) is 53.5 Å². The highest BCUT2D eigenvalue weighted by Gasteiger charge is 2.34. The molecule has 34 heavy (non-hydrogen) atoms. The predicted octanol–water partition coefficient (Wildman–Crippen LogP) is 5.85. The van der Waals surface area contributed by atoms with Gasteiger partial charge in [0.25, 0.3) is 5.91 Å². The number of rotatable bonds is 7. The zero-order valence-corrected chi connectivity index (χ0v) is 20.6. The Kier molecular flexibility index (Phi) is 7.26. The van der Waals surface area contributed by atoms with E-state index in [0.717, 1.165) is 5.56 Å². The van der Waals surface area contributed by atoms with E-state index < -0.39 is 0 Å². The van der Waals surface area contributed by atoms with Crippen LogP contribution in [0.4, 0.5) is 5.69 Å². The van der Waals surface area contributed by atoms with Crippen LogP contribution in [0.15, 0.2) is 66.4 Å². The molecule has 1 fully saturated rings. The van der Waals surface area contributed by atoms with Gasteiger partial charge >= 0.3 is 0 Å². The molecule has 0 aliphatic carbocycles. The fraction of sp³-hybridized carbons (Fsp3) is 0.120. The fourth-order valence-corrected chi connectivity index (χ4v) is 4.23. The van der Waals surface area contributed by atoms with Crippen LogP contribution in [0.1, 0.15) is 11.1 Å². The highest BCUT2D eigenvalue weighted by Crippen LogP contribution is 2.36. The number of benzene rings is 3. The second-order valence-electron chi connectivity index (χ2n) is 7.20. The lowest BCUT2D eigenvalue weighted by molar-refractivity contribution is -0.113. The third-order valence-corrected chi connectivity index (χ3v) is 5.99. The van der Waals surface area contributed by atoms with Gasteiger partial charge in [0, 0.05) is 21.2 Å². The summed E-state index contributed by atoms with van der Waals surface area (Å²) in [6.07, 6.45) is 1.67. The van der Waals surface area contributed by atoms with Crippen molar-refractivity contribution in [3.8, 4) is 17.2 Å². The SMILES string of the molecule is COc1ccccc1N1C(=O)C(=Cc2cccc(OC)c2OCc2ccc(Cl)cc2Cl)NC1=S. The van der Waals surface area contributed by atoms with Gasteiger partial charge in [0.05, 0.1) is 19.9 Å². The van der Waals surface area contributed by atoms with Crippen LogP contribution in [-0.2, 0) is 11.4 Å². The molecule has 3 aromatic rings. The lowest BCUT2D eigenvalue weighted by Gasteiger charge is -2.17. The Morgan fingerprint density at radius 3 is 2.47 bits per heavy atom. The molecule has 1 aliphatic rings. The molecule has 1 aliphatic heterocycles. The number of carbonyl (C=O) groups is 1. The van der Waals surface area contributed by atoms with Crippen molar-refractivity contribution in [3.63, 3.8) is 0 Å². The molecular formula is C25H20Cl2N2O4S.